The lowest BCUT2D eigenvalue weighted by molar-refractivity contribution is -0.186. The van der Waals surface area contributed by atoms with E-state index in [1.165, 1.54) is 0 Å². The predicted molar refractivity (Wildman–Crippen MR) is 74.7 cm³/mol. The molecule has 0 bridgehead atoms. The summed E-state index contributed by atoms with van der Waals surface area (Å²) in [5.41, 5.74) is -0.215. The monoisotopic (exact) mass is 295 g/mol. The SMILES string of the molecule is CNC(CCC(C)(C)OC)C1CCCC(C(F)(F)F)C1. The maximum atomic E-state index is 12.9. The molecule has 0 aromatic heterocycles. The molecule has 0 saturated heterocycles. The second-order valence-electron chi connectivity index (χ2n) is 6.56. The molecule has 2 nitrogen and oxygen atoms in total. The summed E-state index contributed by atoms with van der Waals surface area (Å²) in [6, 6.07) is 0.148. The molecule has 1 N–H and O–H groups in total. The molecule has 0 aromatic carbocycles. The summed E-state index contributed by atoms with van der Waals surface area (Å²) >= 11 is 0. The Bertz CT molecular complexity index is 291. The van der Waals surface area contributed by atoms with Crippen molar-refractivity contribution in [2.24, 2.45) is 11.8 Å². The number of rotatable bonds is 6. The second kappa shape index (κ2) is 7.12. The average molecular weight is 295 g/mol. The second-order valence-corrected chi connectivity index (χ2v) is 6.56. The summed E-state index contributed by atoms with van der Waals surface area (Å²) in [5.74, 6) is -0.999. The van der Waals surface area contributed by atoms with E-state index in [0.717, 1.165) is 19.3 Å². The number of halogens is 3. The van der Waals surface area contributed by atoms with Crippen LogP contribution in [0.25, 0.3) is 0 Å². The molecule has 0 spiro atoms. The standard InChI is InChI=1S/C15H28F3NO/c1-14(2,20-4)9-8-13(19-3)11-6-5-7-12(10-11)15(16,17)18/h11-13,19H,5-10H2,1-4H3. The first-order valence-electron chi connectivity index (χ1n) is 7.48. The van der Waals surface area contributed by atoms with E-state index in [2.05, 4.69) is 5.32 Å². The Kier molecular flexibility index (Phi) is 6.32. The molecule has 1 aliphatic rings. The Morgan fingerprint density at radius 2 is 1.90 bits per heavy atom. The number of ether oxygens (including phenoxy) is 1. The zero-order valence-electron chi connectivity index (χ0n) is 13.0. The number of methoxy groups -OCH3 is 1. The fourth-order valence-electron chi connectivity index (χ4n) is 3.11. The van der Waals surface area contributed by atoms with Crippen LogP contribution in [-0.4, -0.2) is 32.0 Å². The Morgan fingerprint density at radius 3 is 2.40 bits per heavy atom. The fourth-order valence-corrected chi connectivity index (χ4v) is 3.11. The number of nitrogens with one attached hydrogen (secondary N) is 1. The van der Waals surface area contributed by atoms with Gasteiger partial charge in [0.05, 0.1) is 11.5 Å². The Morgan fingerprint density at radius 1 is 1.25 bits per heavy atom. The lowest BCUT2D eigenvalue weighted by Crippen LogP contribution is -2.40. The number of alkyl halides is 3. The van der Waals surface area contributed by atoms with Gasteiger partial charge < -0.3 is 10.1 Å². The number of hydrogen-bond donors (Lipinski definition) is 1. The first-order chi connectivity index (χ1) is 9.19. The van der Waals surface area contributed by atoms with Crippen molar-refractivity contribution in [3.8, 4) is 0 Å². The first-order valence-corrected chi connectivity index (χ1v) is 7.48. The molecular formula is C15H28F3NO. The van der Waals surface area contributed by atoms with Gasteiger partial charge in [0.2, 0.25) is 0 Å². The highest BCUT2D eigenvalue weighted by molar-refractivity contribution is 4.86. The fraction of sp³-hybridized carbons (Fsp3) is 1.00. The maximum absolute atomic E-state index is 12.9. The van der Waals surface area contributed by atoms with Crippen molar-refractivity contribution < 1.29 is 17.9 Å². The van der Waals surface area contributed by atoms with E-state index in [1.807, 2.05) is 20.9 Å². The van der Waals surface area contributed by atoms with E-state index in [4.69, 9.17) is 4.74 Å². The Balaban J connectivity index is 2.56. The molecule has 3 atom stereocenters. The van der Waals surface area contributed by atoms with Gasteiger partial charge in [0.1, 0.15) is 0 Å². The smallest absolute Gasteiger partial charge is 0.379 e. The third-order valence-electron chi connectivity index (χ3n) is 4.73. The highest BCUT2D eigenvalue weighted by atomic mass is 19.4. The van der Waals surface area contributed by atoms with E-state index in [9.17, 15) is 13.2 Å². The van der Waals surface area contributed by atoms with Crippen molar-refractivity contribution in [1.82, 2.24) is 5.32 Å². The molecular weight excluding hydrogens is 267 g/mol. The van der Waals surface area contributed by atoms with Crippen molar-refractivity contribution >= 4 is 0 Å². The van der Waals surface area contributed by atoms with E-state index in [1.54, 1.807) is 7.11 Å². The molecule has 0 aromatic rings. The predicted octanol–water partition coefficient (Wildman–Crippen LogP) is 4.15. The molecule has 1 rings (SSSR count). The summed E-state index contributed by atoms with van der Waals surface area (Å²) in [6.45, 7) is 4.03. The summed E-state index contributed by atoms with van der Waals surface area (Å²) in [4.78, 5) is 0. The highest BCUT2D eigenvalue weighted by Crippen LogP contribution is 2.41. The van der Waals surface area contributed by atoms with Crippen molar-refractivity contribution in [2.45, 2.75) is 70.2 Å². The van der Waals surface area contributed by atoms with E-state index < -0.39 is 12.1 Å². The summed E-state index contributed by atoms with van der Waals surface area (Å²) in [7, 11) is 3.52. The van der Waals surface area contributed by atoms with Crippen LogP contribution in [-0.2, 0) is 4.74 Å². The summed E-state index contributed by atoms with van der Waals surface area (Å²) in [6.07, 6.45) is -0.202. The largest absolute Gasteiger partial charge is 0.391 e. The maximum Gasteiger partial charge on any atom is 0.391 e. The van der Waals surface area contributed by atoms with Crippen LogP contribution in [0.15, 0.2) is 0 Å². The van der Waals surface area contributed by atoms with Crippen LogP contribution < -0.4 is 5.32 Å². The lowest BCUT2D eigenvalue weighted by Gasteiger charge is -2.36. The van der Waals surface area contributed by atoms with Gasteiger partial charge in [-0.25, -0.2) is 0 Å². The average Bonchev–Trinajstić information content (AvgIpc) is 2.39. The van der Waals surface area contributed by atoms with Crippen LogP contribution in [0.4, 0.5) is 13.2 Å². The molecule has 0 amide bonds. The third-order valence-corrected chi connectivity index (χ3v) is 4.73. The zero-order chi connectivity index (χ0) is 15.4. The minimum Gasteiger partial charge on any atom is -0.379 e. The van der Waals surface area contributed by atoms with Gasteiger partial charge in [0, 0.05) is 13.2 Å². The van der Waals surface area contributed by atoms with Gasteiger partial charge in [-0.1, -0.05) is 6.42 Å². The quantitative estimate of drug-likeness (QED) is 0.795. The van der Waals surface area contributed by atoms with Gasteiger partial charge in [-0.05, 0) is 58.9 Å². The summed E-state index contributed by atoms with van der Waals surface area (Å²) in [5, 5.41) is 3.22. The van der Waals surface area contributed by atoms with Gasteiger partial charge in [-0.2, -0.15) is 13.2 Å². The van der Waals surface area contributed by atoms with Crippen molar-refractivity contribution in [3.63, 3.8) is 0 Å². The van der Waals surface area contributed by atoms with Gasteiger partial charge in [0.25, 0.3) is 0 Å². The van der Waals surface area contributed by atoms with Gasteiger partial charge in [-0.15, -0.1) is 0 Å². The Hall–Kier alpha value is -0.290. The highest BCUT2D eigenvalue weighted by Gasteiger charge is 2.43. The number of hydrogen-bond acceptors (Lipinski definition) is 2. The molecule has 0 aliphatic heterocycles. The first kappa shape index (κ1) is 17.8. The normalized spacial score (nSPS) is 26.6. The lowest BCUT2D eigenvalue weighted by atomic mass is 9.76. The van der Waals surface area contributed by atoms with Crippen LogP contribution in [0.5, 0.6) is 0 Å². The molecule has 0 heterocycles. The van der Waals surface area contributed by atoms with Crippen LogP contribution in [0.1, 0.15) is 52.4 Å². The molecule has 1 aliphatic carbocycles. The molecule has 5 heteroatoms. The van der Waals surface area contributed by atoms with E-state index in [0.29, 0.717) is 12.8 Å². The van der Waals surface area contributed by atoms with Crippen LogP contribution in [0.2, 0.25) is 0 Å². The minimum absolute atomic E-state index is 0.119. The zero-order valence-corrected chi connectivity index (χ0v) is 13.0. The molecule has 1 saturated carbocycles. The van der Waals surface area contributed by atoms with Crippen molar-refractivity contribution in [2.75, 3.05) is 14.2 Å². The van der Waals surface area contributed by atoms with Gasteiger partial charge in [0.15, 0.2) is 0 Å². The topological polar surface area (TPSA) is 21.3 Å². The molecule has 1 fully saturated rings. The van der Waals surface area contributed by atoms with E-state index >= 15 is 0 Å². The molecule has 3 unspecified atom stereocenters. The summed E-state index contributed by atoms with van der Waals surface area (Å²) < 4.78 is 44.0. The van der Waals surface area contributed by atoms with E-state index in [-0.39, 0.29) is 24.0 Å². The molecule has 20 heavy (non-hydrogen) atoms. The van der Waals surface area contributed by atoms with Gasteiger partial charge >= 0.3 is 6.18 Å². The van der Waals surface area contributed by atoms with Crippen molar-refractivity contribution in [1.29, 1.82) is 0 Å². The van der Waals surface area contributed by atoms with Crippen LogP contribution in [0.3, 0.4) is 0 Å². The third kappa shape index (κ3) is 5.24. The van der Waals surface area contributed by atoms with Crippen LogP contribution >= 0.6 is 0 Å². The molecule has 120 valence electrons. The van der Waals surface area contributed by atoms with Gasteiger partial charge in [-0.3, -0.25) is 0 Å². The minimum atomic E-state index is -4.04. The van der Waals surface area contributed by atoms with Crippen LogP contribution in [0, 0.1) is 11.8 Å². The van der Waals surface area contributed by atoms with Crippen molar-refractivity contribution in [3.05, 3.63) is 0 Å². The molecule has 0 radical (unpaired) electrons. The Labute approximate surface area is 120 Å².